The van der Waals surface area contributed by atoms with Gasteiger partial charge in [0.1, 0.15) is 5.69 Å². The zero-order valence-corrected chi connectivity index (χ0v) is 18.4. The van der Waals surface area contributed by atoms with Gasteiger partial charge in [0.15, 0.2) is 5.13 Å². The van der Waals surface area contributed by atoms with Crippen molar-refractivity contribution in [3.63, 3.8) is 0 Å². The lowest BCUT2D eigenvalue weighted by atomic mass is 10.1. The minimum absolute atomic E-state index is 0.0327. The molecule has 0 radical (unpaired) electrons. The number of carbonyl (C=O) groups excluding carboxylic acids is 1. The Kier molecular flexibility index (Phi) is 6.15. The van der Waals surface area contributed by atoms with E-state index in [2.05, 4.69) is 36.0 Å². The normalized spacial score (nSPS) is 11.5. The van der Waals surface area contributed by atoms with Crippen molar-refractivity contribution in [2.24, 2.45) is 0 Å². The number of carbonyl (C=O) groups is 1. The number of amides is 1. The lowest BCUT2D eigenvalue weighted by Crippen LogP contribution is -2.34. The molecule has 0 atom stereocenters. The lowest BCUT2D eigenvalue weighted by molar-refractivity contribution is 0.0975. The average Bonchev–Trinajstić information content (AvgIpc) is 3.21. The highest BCUT2D eigenvalue weighted by molar-refractivity contribution is 7.22. The van der Waals surface area contributed by atoms with Crippen LogP contribution >= 0.6 is 11.3 Å². The summed E-state index contributed by atoms with van der Waals surface area (Å²) in [7, 11) is 4.09. The van der Waals surface area contributed by atoms with Gasteiger partial charge < -0.3 is 4.90 Å². The second-order valence-electron chi connectivity index (χ2n) is 7.53. The van der Waals surface area contributed by atoms with Gasteiger partial charge in [-0.1, -0.05) is 17.4 Å². The van der Waals surface area contributed by atoms with E-state index in [0.717, 1.165) is 34.0 Å². The van der Waals surface area contributed by atoms with Crippen LogP contribution in [0, 0.1) is 20.8 Å². The molecule has 28 heavy (non-hydrogen) atoms. The van der Waals surface area contributed by atoms with Gasteiger partial charge in [-0.05, 0) is 78.0 Å². The van der Waals surface area contributed by atoms with Gasteiger partial charge >= 0.3 is 0 Å². The monoisotopic (exact) mass is 399 g/mol. The highest BCUT2D eigenvalue weighted by Crippen LogP contribution is 2.33. The molecule has 0 aliphatic heterocycles. The van der Waals surface area contributed by atoms with Crippen LogP contribution in [0.15, 0.2) is 18.2 Å². The fraction of sp³-hybridized carbons (Fsp3) is 0.476. The number of hydrogen-bond donors (Lipinski definition) is 0. The van der Waals surface area contributed by atoms with E-state index in [9.17, 15) is 4.79 Å². The fourth-order valence-electron chi connectivity index (χ4n) is 3.41. The van der Waals surface area contributed by atoms with Gasteiger partial charge in [-0.2, -0.15) is 5.10 Å². The van der Waals surface area contributed by atoms with Crippen LogP contribution in [0.4, 0.5) is 5.13 Å². The van der Waals surface area contributed by atoms with Crippen molar-refractivity contribution < 1.29 is 4.79 Å². The molecular formula is C21H29N5OS. The zero-order valence-electron chi connectivity index (χ0n) is 17.6. The predicted octanol–water partition coefficient (Wildman–Crippen LogP) is 4.04. The molecule has 1 amide bonds. The summed E-state index contributed by atoms with van der Waals surface area (Å²) in [6, 6.07) is 6.12. The van der Waals surface area contributed by atoms with Gasteiger partial charge in [-0.3, -0.25) is 14.4 Å². The number of fused-ring (bicyclic) bond motifs is 1. The SMILES string of the molecule is CCn1nc(C)cc1C(=O)N(CCCN(C)C)c1nc2cc(C)cc(C)c2s1. The second kappa shape index (κ2) is 8.41. The van der Waals surface area contributed by atoms with E-state index in [1.807, 2.05) is 38.9 Å². The molecule has 0 unspecified atom stereocenters. The predicted molar refractivity (Wildman–Crippen MR) is 117 cm³/mol. The van der Waals surface area contributed by atoms with Crippen molar-refractivity contribution in [1.82, 2.24) is 19.7 Å². The second-order valence-corrected chi connectivity index (χ2v) is 8.50. The Bertz CT molecular complexity index is 988. The summed E-state index contributed by atoms with van der Waals surface area (Å²) >= 11 is 1.59. The third-order valence-corrected chi connectivity index (χ3v) is 5.92. The molecule has 0 spiro atoms. The maximum Gasteiger partial charge on any atom is 0.278 e. The lowest BCUT2D eigenvalue weighted by Gasteiger charge is -2.21. The molecule has 150 valence electrons. The third-order valence-electron chi connectivity index (χ3n) is 4.69. The number of thiazole rings is 1. The maximum absolute atomic E-state index is 13.5. The van der Waals surface area contributed by atoms with Crippen molar-refractivity contribution in [3.8, 4) is 0 Å². The van der Waals surface area contributed by atoms with E-state index in [-0.39, 0.29) is 5.91 Å². The average molecular weight is 400 g/mol. The van der Waals surface area contributed by atoms with Crippen LogP contribution in [-0.4, -0.2) is 52.8 Å². The molecule has 3 rings (SSSR count). The molecule has 0 saturated heterocycles. The summed E-state index contributed by atoms with van der Waals surface area (Å²) in [5, 5.41) is 5.21. The topological polar surface area (TPSA) is 54.3 Å². The molecule has 3 aromatic rings. The highest BCUT2D eigenvalue weighted by atomic mass is 32.1. The quantitative estimate of drug-likeness (QED) is 0.602. The number of anilines is 1. The van der Waals surface area contributed by atoms with E-state index in [1.54, 1.807) is 16.0 Å². The number of aromatic nitrogens is 3. The number of aryl methyl sites for hydroxylation is 4. The standard InChI is InChI=1S/C21H29N5OS/c1-7-26-18(13-16(4)23-26)20(27)25(10-8-9-24(5)6)21-22-17-12-14(2)11-15(3)19(17)28-21/h11-13H,7-10H2,1-6H3. The summed E-state index contributed by atoms with van der Waals surface area (Å²) in [6.45, 7) is 10.3. The highest BCUT2D eigenvalue weighted by Gasteiger charge is 2.24. The van der Waals surface area contributed by atoms with Crippen molar-refractivity contribution in [2.75, 3.05) is 32.1 Å². The Labute approximate surface area is 170 Å². The molecule has 0 bridgehead atoms. The summed E-state index contributed by atoms with van der Waals surface area (Å²) in [4.78, 5) is 22.2. The van der Waals surface area contributed by atoms with E-state index in [1.165, 1.54) is 11.1 Å². The van der Waals surface area contributed by atoms with Gasteiger partial charge in [-0.25, -0.2) is 4.98 Å². The minimum Gasteiger partial charge on any atom is -0.309 e. The molecule has 0 saturated carbocycles. The third kappa shape index (κ3) is 4.25. The summed E-state index contributed by atoms with van der Waals surface area (Å²) < 4.78 is 2.92. The van der Waals surface area contributed by atoms with Crippen LogP contribution in [0.2, 0.25) is 0 Å². The summed E-state index contributed by atoms with van der Waals surface area (Å²) in [5.41, 5.74) is 4.83. The van der Waals surface area contributed by atoms with Crippen LogP contribution < -0.4 is 4.90 Å². The van der Waals surface area contributed by atoms with Crippen LogP contribution in [0.25, 0.3) is 10.2 Å². The van der Waals surface area contributed by atoms with Crippen molar-refractivity contribution in [2.45, 2.75) is 40.7 Å². The van der Waals surface area contributed by atoms with Crippen molar-refractivity contribution in [1.29, 1.82) is 0 Å². The van der Waals surface area contributed by atoms with E-state index in [4.69, 9.17) is 4.98 Å². The van der Waals surface area contributed by atoms with Crippen LogP contribution in [0.5, 0.6) is 0 Å². The number of rotatable bonds is 7. The van der Waals surface area contributed by atoms with Gasteiger partial charge in [0.05, 0.1) is 15.9 Å². The molecule has 0 aliphatic carbocycles. The first-order valence-corrected chi connectivity index (χ1v) is 10.5. The molecule has 6 nitrogen and oxygen atoms in total. The Hall–Kier alpha value is -2.25. The van der Waals surface area contributed by atoms with Gasteiger partial charge in [0, 0.05) is 13.1 Å². The largest absolute Gasteiger partial charge is 0.309 e. The van der Waals surface area contributed by atoms with Crippen LogP contribution in [0.1, 0.15) is 40.7 Å². The number of benzene rings is 1. The first-order chi connectivity index (χ1) is 13.3. The molecule has 0 fully saturated rings. The van der Waals surface area contributed by atoms with Crippen LogP contribution in [0.3, 0.4) is 0 Å². The minimum atomic E-state index is -0.0327. The van der Waals surface area contributed by atoms with Gasteiger partial charge in [0.25, 0.3) is 5.91 Å². The van der Waals surface area contributed by atoms with Crippen molar-refractivity contribution >= 4 is 32.6 Å². The van der Waals surface area contributed by atoms with E-state index < -0.39 is 0 Å². The molecule has 0 N–H and O–H groups in total. The molecule has 1 aromatic carbocycles. The maximum atomic E-state index is 13.5. The summed E-state index contributed by atoms with van der Waals surface area (Å²) in [5.74, 6) is -0.0327. The van der Waals surface area contributed by atoms with E-state index in [0.29, 0.717) is 18.8 Å². The van der Waals surface area contributed by atoms with Gasteiger partial charge in [-0.15, -0.1) is 0 Å². The van der Waals surface area contributed by atoms with Crippen LogP contribution in [-0.2, 0) is 6.54 Å². The Morgan fingerprint density at radius 3 is 2.57 bits per heavy atom. The fourth-order valence-corrected chi connectivity index (χ4v) is 4.45. The molecular weight excluding hydrogens is 370 g/mol. The summed E-state index contributed by atoms with van der Waals surface area (Å²) in [6.07, 6.45) is 0.881. The molecule has 2 heterocycles. The Morgan fingerprint density at radius 2 is 1.89 bits per heavy atom. The molecule has 7 heteroatoms. The van der Waals surface area contributed by atoms with Gasteiger partial charge in [0.2, 0.25) is 0 Å². The number of nitrogens with zero attached hydrogens (tertiary/aromatic N) is 5. The molecule has 0 aliphatic rings. The first-order valence-electron chi connectivity index (χ1n) is 9.69. The smallest absolute Gasteiger partial charge is 0.278 e. The van der Waals surface area contributed by atoms with E-state index >= 15 is 0 Å². The molecule has 2 aromatic heterocycles. The Balaban J connectivity index is 2.01. The first kappa shape index (κ1) is 20.5. The number of hydrogen-bond acceptors (Lipinski definition) is 5. The Morgan fingerprint density at radius 1 is 1.14 bits per heavy atom. The van der Waals surface area contributed by atoms with Crippen molar-refractivity contribution in [3.05, 3.63) is 40.7 Å². The zero-order chi connectivity index (χ0) is 20.4.